The van der Waals surface area contributed by atoms with Crippen LogP contribution < -0.4 is 0 Å². The fraction of sp³-hybridized carbons (Fsp3) is 0.333. The molecule has 0 fully saturated rings. The molecule has 5 heteroatoms. The van der Waals surface area contributed by atoms with Gasteiger partial charge < -0.3 is 9.47 Å². The quantitative estimate of drug-likeness (QED) is 0.611. The molecule has 2 heterocycles. The summed E-state index contributed by atoms with van der Waals surface area (Å²) in [4.78, 5) is 23.5. The first-order valence-electron chi connectivity index (χ1n) is 4.21. The minimum Gasteiger partial charge on any atom is -0.461 e. The second kappa shape index (κ2) is 3.79. The first kappa shape index (κ1) is 9.21. The Balaban J connectivity index is 2.29. The molecule has 0 atom stereocenters. The molecular weight excluding hydrogens is 204 g/mol. The Morgan fingerprint density at radius 2 is 1.50 bits per heavy atom. The van der Waals surface area contributed by atoms with Crippen LogP contribution in [0.3, 0.4) is 0 Å². The highest BCUT2D eigenvalue weighted by molar-refractivity contribution is 7.15. The second-order valence-electron chi connectivity index (χ2n) is 2.79. The van der Waals surface area contributed by atoms with Crippen LogP contribution in [-0.2, 0) is 9.47 Å². The lowest BCUT2D eigenvalue weighted by Crippen LogP contribution is -2.10. The number of hydrogen-bond donors (Lipinski definition) is 0. The maximum atomic E-state index is 11.3. The second-order valence-corrected chi connectivity index (χ2v) is 3.87. The maximum Gasteiger partial charge on any atom is 0.348 e. The van der Waals surface area contributed by atoms with Crippen LogP contribution in [0.5, 0.6) is 0 Å². The predicted octanol–water partition coefficient (Wildman–Crippen LogP) is 1.47. The van der Waals surface area contributed by atoms with Crippen molar-refractivity contribution in [3.05, 3.63) is 21.9 Å². The largest absolute Gasteiger partial charge is 0.461 e. The smallest absolute Gasteiger partial charge is 0.348 e. The lowest BCUT2D eigenvalue weighted by molar-refractivity contribution is 0.0400. The van der Waals surface area contributed by atoms with E-state index in [0.717, 1.165) is 11.3 Å². The molecule has 0 unspecified atom stereocenters. The first-order valence-corrected chi connectivity index (χ1v) is 5.03. The number of esters is 2. The fourth-order valence-electron chi connectivity index (χ4n) is 1.09. The molecule has 1 aliphatic heterocycles. The summed E-state index contributed by atoms with van der Waals surface area (Å²) in [5.74, 6) is -0.730. The van der Waals surface area contributed by atoms with E-state index in [1.807, 2.05) is 0 Å². The standard InChI is InChI=1S/C9H8O4S/c10-8-6-2-3-7(14-6)9(11)13-5-1-4-12-8/h2-3H,1,4-5H2. The Bertz CT molecular complexity index is 336. The van der Waals surface area contributed by atoms with Crippen molar-refractivity contribution in [3.63, 3.8) is 0 Å². The van der Waals surface area contributed by atoms with E-state index >= 15 is 0 Å². The van der Waals surface area contributed by atoms with Crippen LogP contribution in [0.1, 0.15) is 25.8 Å². The van der Waals surface area contributed by atoms with Gasteiger partial charge in [0.15, 0.2) is 0 Å². The van der Waals surface area contributed by atoms with Crippen LogP contribution in [0, 0.1) is 0 Å². The number of rotatable bonds is 0. The van der Waals surface area contributed by atoms with Gasteiger partial charge in [0, 0.05) is 6.42 Å². The van der Waals surface area contributed by atoms with Gasteiger partial charge in [-0.05, 0) is 12.1 Å². The third-order valence-corrected chi connectivity index (χ3v) is 2.81. The molecule has 0 saturated heterocycles. The molecule has 0 aromatic carbocycles. The fourth-order valence-corrected chi connectivity index (χ4v) is 1.88. The Labute approximate surface area is 84.4 Å². The zero-order chi connectivity index (χ0) is 9.97. The van der Waals surface area contributed by atoms with Crippen molar-refractivity contribution >= 4 is 23.3 Å². The predicted molar refractivity (Wildman–Crippen MR) is 49.5 cm³/mol. The average molecular weight is 212 g/mol. The molecule has 0 amide bonds. The summed E-state index contributed by atoms with van der Waals surface area (Å²) in [6.07, 6.45) is 0.544. The van der Waals surface area contributed by atoms with E-state index in [4.69, 9.17) is 9.47 Å². The van der Waals surface area contributed by atoms with Crippen LogP contribution in [0.4, 0.5) is 0 Å². The number of fused-ring (bicyclic) bond motifs is 2. The van der Waals surface area contributed by atoms with Crippen molar-refractivity contribution in [2.75, 3.05) is 13.2 Å². The van der Waals surface area contributed by atoms with E-state index in [0.29, 0.717) is 29.4 Å². The van der Waals surface area contributed by atoms with Gasteiger partial charge in [0.1, 0.15) is 9.75 Å². The average Bonchev–Trinajstić information content (AvgIpc) is 2.64. The Morgan fingerprint density at radius 3 is 2.00 bits per heavy atom. The number of carbonyl (C=O) groups is 2. The molecule has 2 bridgehead atoms. The van der Waals surface area contributed by atoms with Crippen LogP contribution in [0.15, 0.2) is 12.1 Å². The molecule has 2 rings (SSSR count). The Kier molecular flexibility index (Phi) is 2.49. The third-order valence-electron chi connectivity index (χ3n) is 1.76. The van der Waals surface area contributed by atoms with Crippen molar-refractivity contribution < 1.29 is 19.1 Å². The highest BCUT2D eigenvalue weighted by Crippen LogP contribution is 2.19. The summed E-state index contributed by atoms with van der Waals surface area (Å²) in [5, 5.41) is 0. The molecule has 74 valence electrons. The van der Waals surface area contributed by atoms with E-state index in [1.54, 1.807) is 12.1 Å². The number of ether oxygens (including phenoxy) is 2. The van der Waals surface area contributed by atoms with Crippen molar-refractivity contribution in [3.8, 4) is 0 Å². The summed E-state index contributed by atoms with van der Waals surface area (Å²) in [5.41, 5.74) is 0. The van der Waals surface area contributed by atoms with E-state index in [2.05, 4.69) is 0 Å². The minimum absolute atomic E-state index is 0.291. The van der Waals surface area contributed by atoms with Crippen LogP contribution in [-0.4, -0.2) is 25.2 Å². The SMILES string of the molecule is O=C1OCCCOC(=O)c2ccc1s2. The van der Waals surface area contributed by atoms with Gasteiger partial charge in [-0.25, -0.2) is 9.59 Å². The normalized spacial score (nSPS) is 17.1. The van der Waals surface area contributed by atoms with Gasteiger partial charge in [0.2, 0.25) is 0 Å². The molecule has 0 spiro atoms. The van der Waals surface area contributed by atoms with Gasteiger partial charge in [-0.15, -0.1) is 11.3 Å². The van der Waals surface area contributed by atoms with Crippen molar-refractivity contribution in [1.82, 2.24) is 0 Å². The minimum atomic E-state index is -0.365. The molecule has 1 aliphatic rings. The summed E-state index contributed by atoms with van der Waals surface area (Å²) in [6, 6.07) is 3.16. The van der Waals surface area contributed by atoms with Crippen LogP contribution in [0.25, 0.3) is 0 Å². The van der Waals surface area contributed by atoms with Crippen molar-refractivity contribution in [1.29, 1.82) is 0 Å². The molecular formula is C9H8O4S. The first-order chi connectivity index (χ1) is 6.77. The van der Waals surface area contributed by atoms with Gasteiger partial charge in [-0.2, -0.15) is 0 Å². The maximum absolute atomic E-state index is 11.3. The number of hydrogen-bond acceptors (Lipinski definition) is 5. The molecule has 4 nitrogen and oxygen atoms in total. The topological polar surface area (TPSA) is 52.6 Å². The monoisotopic (exact) mass is 212 g/mol. The van der Waals surface area contributed by atoms with E-state index in [9.17, 15) is 9.59 Å². The highest BCUT2D eigenvalue weighted by Gasteiger charge is 2.17. The zero-order valence-corrected chi connectivity index (χ0v) is 8.13. The van der Waals surface area contributed by atoms with Gasteiger partial charge in [0.25, 0.3) is 0 Å². The zero-order valence-electron chi connectivity index (χ0n) is 7.32. The molecule has 1 aromatic rings. The molecule has 0 saturated carbocycles. The molecule has 1 aromatic heterocycles. The van der Waals surface area contributed by atoms with E-state index in [-0.39, 0.29) is 11.9 Å². The molecule has 0 aliphatic carbocycles. The number of carbonyl (C=O) groups excluding carboxylic acids is 2. The van der Waals surface area contributed by atoms with Gasteiger partial charge in [-0.3, -0.25) is 0 Å². The van der Waals surface area contributed by atoms with Crippen LogP contribution in [0.2, 0.25) is 0 Å². The summed E-state index contributed by atoms with van der Waals surface area (Å²) in [6.45, 7) is 0.582. The molecule has 14 heavy (non-hydrogen) atoms. The summed E-state index contributed by atoms with van der Waals surface area (Å²) >= 11 is 1.10. The Hall–Kier alpha value is -1.36. The van der Waals surface area contributed by atoms with Crippen LogP contribution >= 0.6 is 11.3 Å². The third kappa shape index (κ3) is 1.77. The highest BCUT2D eigenvalue weighted by atomic mass is 32.1. The molecule has 0 radical (unpaired) electrons. The lowest BCUT2D eigenvalue weighted by atomic mass is 10.4. The van der Waals surface area contributed by atoms with Crippen molar-refractivity contribution in [2.24, 2.45) is 0 Å². The van der Waals surface area contributed by atoms with Crippen molar-refractivity contribution in [2.45, 2.75) is 6.42 Å². The number of thiophene rings is 1. The summed E-state index contributed by atoms with van der Waals surface area (Å²) in [7, 11) is 0. The van der Waals surface area contributed by atoms with E-state index < -0.39 is 0 Å². The lowest BCUT2D eigenvalue weighted by Gasteiger charge is -2.06. The summed E-state index contributed by atoms with van der Waals surface area (Å²) < 4.78 is 9.86. The van der Waals surface area contributed by atoms with Gasteiger partial charge in [0.05, 0.1) is 13.2 Å². The van der Waals surface area contributed by atoms with Gasteiger partial charge in [-0.1, -0.05) is 0 Å². The van der Waals surface area contributed by atoms with E-state index in [1.165, 1.54) is 0 Å². The Morgan fingerprint density at radius 1 is 1.00 bits per heavy atom. The molecule has 0 N–H and O–H groups in total. The number of cyclic esters (lactones) is 2. The van der Waals surface area contributed by atoms with Gasteiger partial charge >= 0.3 is 11.9 Å².